The van der Waals surface area contributed by atoms with E-state index < -0.39 is 17.2 Å². The zero-order chi connectivity index (χ0) is 15.4. The number of benzene rings is 1. The molecule has 0 aliphatic rings. The molecule has 21 heavy (non-hydrogen) atoms. The molecular formula is C13H12BrN3O4. The van der Waals surface area contributed by atoms with E-state index >= 15 is 0 Å². The molecule has 1 aromatic carbocycles. The van der Waals surface area contributed by atoms with Crippen LogP contribution in [0.3, 0.4) is 0 Å². The third-order valence-electron chi connectivity index (χ3n) is 2.69. The molecule has 2 N–H and O–H groups in total. The standard InChI is InChI=1S/C13H12BrN3O4/c1-21-9-4-2-8(3-5-9)16-11(18)7-17-12(19)10(14)6-15-13(17)20/h2-6H,7H2,1H3,(H,15,20)(H,16,18). The maximum atomic E-state index is 11.9. The van der Waals surface area contributed by atoms with Gasteiger partial charge in [-0.05, 0) is 40.2 Å². The highest BCUT2D eigenvalue weighted by molar-refractivity contribution is 9.10. The number of nitrogens with zero attached hydrogens (tertiary/aromatic N) is 1. The van der Waals surface area contributed by atoms with Crippen LogP contribution in [0.4, 0.5) is 5.69 Å². The molecule has 0 saturated carbocycles. The Labute approximate surface area is 127 Å². The lowest BCUT2D eigenvalue weighted by Crippen LogP contribution is -2.38. The molecule has 0 aliphatic heterocycles. The molecule has 0 spiro atoms. The number of aromatic nitrogens is 2. The normalized spacial score (nSPS) is 10.2. The minimum absolute atomic E-state index is 0.180. The van der Waals surface area contributed by atoms with Gasteiger partial charge in [0, 0.05) is 11.9 Å². The van der Waals surface area contributed by atoms with Gasteiger partial charge in [0.25, 0.3) is 5.56 Å². The zero-order valence-electron chi connectivity index (χ0n) is 11.1. The first-order valence-electron chi connectivity index (χ1n) is 5.93. The van der Waals surface area contributed by atoms with Gasteiger partial charge in [-0.1, -0.05) is 0 Å². The van der Waals surface area contributed by atoms with E-state index in [1.165, 1.54) is 6.20 Å². The number of halogens is 1. The summed E-state index contributed by atoms with van der Waals surface area (Å²) in [6.07, 6.45) is 1.24. The van der Waals surface area contributed by atoms with Crippen molar-refractivity contribution in [2.45, 2.75) is 6.54 Å². The maximum Gasteiger partial charge on any atom is 0.328 e. The number of rotatable bonds is 4. The first kappa shape index (κ1) is 15.0. The number of hydrogen-bond acceptors (Lipinski definition) is 4. The van der Waals surface area contributed by atoms with E-state index in [-0.39, 0.29) is 11.0 Å². The molecule has 8 heteroatoms. The Morgan fingerprint density at radius 2 is 2.00 bits per heavy atom. The second kappa shape index (κ2) is 6.40. The van der Waals surface area contributed by atoms with Gasteiger partial charge in [-0.3, -0.25) is 9.59 Å². The third-order valence-corrected chi connectivity index (χ3v) is 3.26. The number of ether oxygens (including phenoxy) is 1. The number of aromatic amines is 1. The number of anilines is 1. The first-order valence-corrected chi connectivity index (χ1v) is 6.72. The van der Waals surface area contributed by atoms with E-state index in [0.29, 0.717) is 11.4 Å². The van der Waals surface area contributed by atoms with E-state index in [2.05, 4.69) is 26.2 Å². The second-order valence-electron chi connectivity index (χ2n) is 4.11. The van der Waals surface area contributed by atoms with E-state index in [0.717, 1.165) is 4.57 Å². The number of amides is 1. The van der Waals surface area contributed by atoms with Gasteiger partial charge in [-0.2, -0.15) is 0 Å². The molecule has 1 heterocycles. The quantitative estimate of drug-likeness (QED) is 0.855. The molecule has 110 valence electrons. The van der Waals surface area contributed by atoms with Crippen LogP contribution in [0.5, 0.6) is 5.75 Å². The van der Waals surface area contributed by atoms with Crippen LogP contribution in [0.15, 0.2) is 44.5 Å². The summed E-state index contributed by atoms with van der Waals surface area (Å²) in [6.45, 7) is -0.375. The SMILES string of the molecule is COc1ccc(NC(=O)Cn2c(=O)[nH]cc(Br)c2=O)cc1. The molecule has 0 radical (unpaired) electrons. The van der Waals surface area contributed by atoms with Crippen molar-refractivity contribution in [3.8, 4) is 5.75 Å². The fourth-order valence-corrected chi connectivity index (χ4v) is 1.98. The fraction of sp³-hybridized carbons (Fsp3) is 0.154. The molecule has 0 fully saturated rings. The Kier molecular flexibility index (Phi) is 4.59. The molecule has 0 aliphatic carbocycles. The van der Waals surface area contributed by atoms with Gasteiger partial charge in [-0.15, -0.1) is 0 Å². The van der Waals surface area contributed by atoms with Gasteiger partial charge < -0.3 is 15.0 Å². The number of carbonyl (C=O) groups excluding carboxylic acids is 1. The summed E-state index contributed by atoms with van der Waals surface area (Å²) in [5, 5.41) is 2.59. The van der Waals surface area contributed by atoms with Crippen LogP contribution in [0.2, 0.25) is 0 Å². The summed E-state index contributed by atoms with van der Waals surface area (Å²) in [4.78, 5) is 37.6. The summed E-state index contributed by atoms with van der Waals surface area (Å²) in [7, 11) is 1.54. The molecule has 0 unspecified atom stereocenters. The van der Waals surface area contributed by atoms with E-state index in [1.807, 2.05) is 0 Å². The van der Waals surface area contributed by atoms with Crippen molar-refractivity contribution in [2.24, 2.45) is 0 Å². The van der Waals surface area contributed by atoms with Gasteiger partial charge in [0.05, 0.1) is 11.6 Å². The highest BCUT2D eigenvalue weighted by atomic mass is 79.9. The van der Waals surface area contributed by atoms with Crippen LogP contribution < -0.4 is 21.3 Å². The molecule has 2 aromatic rings. The van der Waals surface area contributed by atoms with Crippen LogP contribution in [0.1, 0.15) is 0 Å². The molecule has 7 nitrogen and oxygen atoms in total. The predicted molar refractivity (Wildman–Crippen MR) is 80.6 cm³/mol. The summed E-state index contributed by atoms with van der Waals surface area (Å²) in [5.74, 6) is 0.179. The van der Waals surface area contributed by atoms with Crippen molar-refractivity contribution in [1.82, 2.24) is 9.55 Å². The average Bonchev–Trinajstić information content (AvgIpc) is 2.48. The third kappa shape index (κ3) is 3.60. The zero-order valence-corrected chi connectivity index (χ0v) is 12.6. The summed E-state index contributed by atoms with van der Waals surface area (Å²) < 4.78 is 5.99. The van der Waals surface area contributed by atoms with E-state index in [1.54, 1.807) is 31.4 Å². The highest BCUT2D eigenvalue weighted by Crippen LogP contribution is 2.14. The van der Waals surface area contributed by atoms with Gasteiger partial charge in [-0.25, -0.2) is 9.36 Å². The number of H-pyrrole nitrogens is 1. The Morgan fingerprint density at radius 3 is 2.62 bits per heavy atom. The highest BCUT2D eigenvalue weighted by Gasteiger charge is 2.10. The van der Waals surface area contributed by atoms with E-state index in [9.17, 15) is 14.4 Å². The topological polar surface area (TPSA) is 93.2 Å². The van der Waals surface area contributed by atoms with Crippen LogP contribution in [-0.2, 0) is 11.3 Å². The molecule has 0 saturated heterocycles. The molecule has 2 rings (SSSR count). The van der Waals surface area contributed by atoms with Crippen LogP contribution >= 0.6 is 15.9 Å². The Hall–Kier alpha value is -2.35. The lowest BCUT2D eigenvalue weighted by Gasteiger charge is -2.07. The summed E-state index contributed by atoms with van der Waals surface area (Å²) >= 11 is 3.00. The average molecular weight is 354 g/mol. The Balaban J connectivity index is 2.13. The first-order chi connectivity index (χ1) is 10.0. The minimum Gasteiger partial charge on any atom is -0.497 e. The van der Waals surface area contributed by atoms with Crippen molar-refractivity contribution < 1.29 is 9.53 Å². The summed E-state index contributed by atoms with van der Waals surface area (Å²) in [6, 6.07) is 6.69. The van der Waals surface area contributed by atoms with Crippen LogP contribution in [0.25, 0.3) is 0 Å². The largest absolute Gasteiger partial charge is 0.497 e. The molecular weight excluding hydrogens is 342 g/mol. The number of hydrogen-bond donors (Lipinski definition) is 2. The van der Waals surface area contributed by atoms with Crippen molar-refractivity contribution in [3.05, 3.63) is 55.8 Å². The van der Waals surface area contributed by atoms with Gasteiger partial charge in [0.15, 0.2) is 0 Å². The number of nitrogens with one attached hydrogen (secondary N) is 2. The lowest BCUT2D eigenvalue weighted by molar-refractivity contribution is -0.116. The maximum absolute atomic E-state index is 11.9. The van der Waals surface area contributed by atoms with Gasteiger partial charge >= 0.3 is 5.69 Å². The van der Waals surface area contributed by atoms with E-state index in [4.69, 9.17) is 4.74 Å². The number of carbonyl (C=O) groups is 1. The minimum atomic E-state index is -0.645. The fourth-order valence-electron chi connectivity index (χ4n) is 1.65. The molecule has 0 atom stereocenters. The summed E-state index contributed by atoms with van der Waals surface area (Å²) in [5.41, 5.74) is -0.669. The van der Waals surface area contributed by atoms with Crippen LogP contribution in [-0.4, -0.2) is 22.6 Å². The van der Waals surface area contributed by atoms with Crippen molar-refractivity contribution in [1.29, 1.82) is 0 Å². The van der Waals surface area contributed by atoms with Crippen LogP contribution in [0, 0.1) is 0 Å². The molecule has 1 aromatic heterocycles. The lowest BCUT2D eigenvalue weighted by atomic mass is 10.3. The van der Waals surface area contributed by atoms with Gasteiger partial charge in [0.2, 0.25) is 5.91 Å². The number of methoxy groups -OCH3 is 1. The monoisotopic (exact) mass is 353 g/mol. The van der Waals surface area contributed by atoms with Crippen molar-refractivity contribution in [2.75, 3.05) is 12.4 Å². The second-order valence-corrected chi connectivity index (χ2v) is 4.96. The molecule has 0 bridgehead atoms. The van der Waals surface area contributed by atoms with Gasteiger partial charge in [0.1, 0.15) is 12.3 Å². The Bertz CT molecular complexity index is 764. The molecule has 1 amide bonds. The smallest absolute Gasteiger partial charge is 0.328 e. The van der Waals surface area contributed by atoms with Crippen molar-refractivity contribution >= 4 is 27.5 Å². The van der Waals surface area contributed by atoms with Crippen molar-refractivity contribution in [3.63, 3.8) is 0 Å². The Morgan fingerprint density at radius 1 is 1.33 bits per heavy atom. The predicted octanol–water partition coefficient (Wildman–Crippen LogP) is 0.946.